The molecule has 1 aromatic carbocycles. The summed E-state index contributed by atoms with van der Waals surface area (Å²) in [5.74, 6) is 0.645. The summed E-state index contributed by atoms with van der Waals surface area (Å²) in [6.07, 6.45) is 2.44. The summed E-state index contributed by atoms with van der Waals surface area (Å²) in [4.78, 5) is 14.4. The number of hydrogen-bond donors (Lipinski definition) is 0. The molecule has 0 spiro atoms. The normalized spacial score (nSPS) is 16.8. The number of likely N-dealkylation sites (tertiary alicyclic amines) is 1. The second-order valence-corrected chi connectivity index (χ2v) is 6.45. The van der Waals surface area contributed by atoms with Gasteiger partial charge in [0.25, 0.3) is 5.91 Å². The number of ether oxygens (including phenoxy) is 1. The van der Waals surface area contributed by atoms with Gasteiger partial charge in [-0.25, -0.2) is 0 Å². The molecule has 1 heterocycles. The third-order valence-corrected chi connectivity index (χ3v) is 4.02. The Kier molecular flexibility index (Phi) is 5.40. The minimum absolute atomic E-state index is 0.147. The van der Waals surface area contributed by atoms with E-state index in [0.717, 1.165) is 31.5 Å². The van der Waals surface area contributed by atoms with Crippen molar-refractivity contribution in [1.82, 2.24) is 4.90 Å². The molecule has 1 aliphatic rings. The van der Waals surface area contributed by atoms with Crippen molar-refractivity contribution in [2.24, 2.45) is 0 Å². The van der Waals surface area contributed by atoms with Crippen LogP contribution in [-0.4, -0.2) is 36.1 Å². The van der Waals surface area contributed by atoms with Crippen LogP contribution in [0.25, 0.3) is 0 Å². The molecule has 0 aromatic heterocycles. The predicted molar refractivity (Wildman–Crippen MR) is 85.7 cm³/mol. The smallest absolute Gasteiger partial charge is 0.253 e. The number of piperidine rings is 1. The molecule has 1 aliphatic heterocycles. The van der Waals surface area contributed by atoms with Crippen LogP contribution in [0.15, 0.2) is 24.3 Å². The zero-order valence-electron chi connectivity index (χ0n) is 13.6. The Bertz CT molecular complexity index is 457. The third kappa shape index (κ3) is 4.31. The van der Waals surface area contributed by atoms with Crippen LogP contribution in [0.2, 0.25) is 0 Å². The van der Waals surface area contributed by atoms with Crippen LogP contribution in [0.5, 0.6) is 0 Å². The van der Waals surface area contributed by atoms with Crippen molar-refractivity contribution in [3.63, 3.8) is 0 Å². The Morgan fingerprint density at radius 3 is 2.14 bits per heavy atom. The quantitative estimate of drug-likeness (QED) is 0.843. The van der Waals surface area contributed by atoms with Crippen LogP contribution in [-0.2, 0) is 4.74 Å². The zero-order valence-corrected chi connectivity index (χ0v) is 13.6. The van der Waals surface area contributed by atoms with Gasteiger partial charge >= 0.3 is 0 Å². The maximum atomic E-state index is 12.5. The monoisotopic (exact) mass is 289 g/mol. The van der Waals surface area contributed by atoms with Gasteiger partial charge in [-0.05, 0) is 50.3 Å². The van der Waals surface area contributed by atoms with E-state index in [4.69, 9.17) is 4.74 Å². The van der Waals surface area contributed by atoms with Gasteiger partial charge in [0.05, 0.1) is 12.2 Å². The molecule has 2 rings (SSSR count). The number of rotatable bonds is 4. The van der Waals surface area contributed by atoms with Crippen molar-refractivity contribution in [1.29, 1.82) is 0 Å². The molecule has 0 atom stereocenters. The lowest BCUT2D eigenvalue weighted by molar-refractivity contribution is -0.0236. The second-order valence-electron chi connectivity index (χ2n) is 6.45. The van der Waals surface area contributed by atoms with Crippen LogP contribution in [0, 0.1) is 0 Å². The highest BCUT2D eigenvalue weighted by Crippen LogP contribution is 2.19. The van der Waals surface area contributed by atoms with Crippen LogP contribution in [0.3, 0.4) is 0 Å². The van der Waals surface area contributed by atoms with Gasteiger partial charge in [-0.1, -0.05) is 26.0 Å². The summed E-state index contributed by atoms with van der Waals surface area (Å²) in [6, 6.07) is 8.03. The molecule has 116 valence electrons. The fourth-order valence-corrected chi connectivity index (χ4v) is 2.77. The minimum atomic E-state index is 0.147. The molecule has 0 unspecified atom stereocenters. The van der Waals surface area contributed by atoms with Crippen molar-refractivity contribution in [2.45, 2.75) is 58.7 Å². The van der Waals surface area contributed by atoms with Gasteiger partial charge in [0.2, 0.25) is 0 Å². The van der Waals surface area contributed by atoms with E-state index in [2.05, 4.69) is 39.8 Å². The third-order valence-electron chi connectivity index (χ3n) is 4.02. The number of nitrogens with zero attached hydrogens (tertiary/aromatic N) is 1. The molecule has 0 aliphatic carbocycles. The first-order valence-electron chi connectivity index (χ1n) is 8.02. The molecule has 1 aromatic rings. The van der Waals surface area contributed by atoms with Crippen LogP contribution in [0.4, 0.5) is 0 Å². The van der Waals surface area contributed by atoms with Gasteiger partial charge in [-0.2, -0.15) is 0 Å². The molecule has 3 nitrogen and oxygen atoms in total. The molecular weight excluding hydrogens is 262 g/mol. The molecular formula is C18H27NO2. The number of carbonyl (C=O) groups is 1. The topological polar surface area (TPSA) is 29.5 Å². The number of carbonyl (C=O) groups excluding carboxylic acids is 1. The van der Waals surface area contributed by atoms with Gasteiger partial charge in [0.15, 0.2) is 0 Å². The summed E-state index contributed by atoms with van der Waals surface area (Å²) in [5.41, 5.74) is 2.07. The molecule has 0 saturated carbocycles. The van der Waals surface area contributed by atoms with E-state index < -0.39 is 0 Å². The van der Waals surface area contributed by atoms with Gasteiger partial charge in [0.1, 0.15) is 0 Å². The Labute approximate surface area is 128 Å². The Hall–Kier alpha value is -1.35. The lowest BCUT2D eigenvalue weighted by Crippen LogP contribution is -2.41. The molecule has 0 N–H and O–H groups in total. The fraction of sp³-hybridized carbons (Fsp3) is 0.611. The second kappa shape index (κ2) is 7.08. The predicted octanol–water partition coefficient (Wildman–Crippen LogP) is 3.84. The SMILES string of the molecule is CC(C)OC1CCN(C(=O)c2ccc(C(C)C)cc2)CC1. The van der Waals surface area contributed by atoms with Gasteiger partial charge in [0, 0.05) is 18.7 Å². The highest BCUT2D eigenvalue weighted by Gasteiger charge is 2.24. The minimum Gasteiger partial charge on any atom is -0.375 e. The van der Waals surface area contributed by atoms with Crippen LogP contribution >= 0.6 is 0 Å². The molecule has 1 amide bonds. The van der Waals surface area contributed by atoms with E-state index in [1.165, 1.54) is 5.56 Å². The Morgan fingerprint density at radius 2 is 1.67 bits per heavy atom. The zero-order chi connectivity index (χ0) is 15.4. The van der Waals surface area contributed by atoms with Crippen molar-refractivity contribution in [3.8, 4) is 0 Å². The highest BCUT2D eigenvalue weighted by molar-refractivity contribution is 5.94. The number of hydrogen-bond acceptors (Lipinski definition) is 2. The first kappa shape index (κ1) is 16.0. The van der Waals surface area contributed by atoms with Crippen molar-refractivity contribution in [2.75, 3.05) is 13.1 Å². The molecule has 1 fully saturated rings. The summed E-state index contributed by atoms with van der Waals surface area (Å²) in [5, 5.41) is 0. The first-order chi connectivity index (χ1) is 9.97. The fourth-order valence-electron chi connectivity index (χ4n) is 2.77. The molecule has 3 heteroatoms. The van der Waals surface area contributed by atoms with Gasteiger partial charge < -0.3 is 9.64 Å². The van der Waals surface area contributed by atoms with E-state index in [0.29, 0.717) is 12.0 Å². The lowest BCUT2D eigenvalue weighted by Gasteiger charge is -2.33. The Balaban J connectivity index is 1.92. The summed E-state index contributed by atoms with van der Waals surface area (Å²) < 4.78 is 5.83. The molecule has 1 saturated heterocycles. The summed E-state index contributed by atoms with van der Waals surface area (Å²) in [6.45, 7) is 10.0. The number of amides is 1. The van der Waals surface area contributed by atoms with Crippen molar-refractivity contribution >= 4 is 5.91 Å². The molecule has 0 bridgehead atoms. The number of benzene rings is 1. The van der Waals surface area contributed by atoms with Gasteiger partial charge in [-0.15, -0.1) is 0 Å². The van der Waals surface area contributed by atoms with Crippen LogP contribution < -0.4 is 0 Å². The van der Waals surface area contributed by atoms with E-state index in [9.17, 15) is 4.79 Å². The lowest BCUT2D eigenvalue weighted by atomic mass is 10.0. The Morgan fingerprint density at radius 1 is 1.10 bits per heavy atom. The van der Waals surface area contributed by atoms with Crippen LogP contribution in [0.1, 0.15) is 62.4 Å². The first-order valence-corrected chi connectivity index (χ1v) is 8.02. The average Bonchev–Trinajstić information content (AvgIpc) is 2.47. The van der Waals surface area contributed by atoms with E-state index in [1.54, 1.807) is 0 Å². The maximum Gasteiger partial charge on any atom is 0.253 e. The largest absolute Gasteiger partial charge is 0.375 e. The highest BCUT2D eigenvalue weighted by atomic mass is 16.5. The van der Waals surface area contributed by atoms with Crippen molar-refractivity contribution < 1.29 is 9.53 Å². The average molecular weight is 289 g/mol. The maximum absolute atomic E-state index is 12.5. The van der Waals surface area contributed by atoms with Crippen molar-refractivity contribution in [3.05, 3.63) is 35.4 Å². The van der Waals surface area contributed by atoms with E-state index >= 15 is 0 Å². The molecule has 0 radical (unpaired) electrons. The summed E-state index contributed by atoms with van der Waals surface area (Å²) >= 11 is 0. The van der Waals surface area contributed by atoms with Gasteiger partial charge in [-0.3, -0.25) is 4.79 Å². The molecule has 21 heavy (non-hydrogen) atoms. The standard InChI is InChI=1S/C18H27NO2/c1-13(2)15-5-7-16(8-6-15)18(20)19-11-9-17(10-12-19)21-14(3)4/h5-8,13-14,17H,9-12H2,1-4H3. The van der Waals surface area contributed by atoms with E-state index in [-0.39, 0.29) is 12.0 Å². The summed E-state index contributed by atoms with van der Waals surface area (Å²) in [7, 11) is 0. The van der Waals surface area contributed by atoms with E-state index in [1.807, 2.05) is 17.0 Å².